The first-order valence-corrected chi connectivity index (χ1v) is 9.07. The summed E-state index contributed by atoms with van der Waals surface area (Å²) in [6.45, 7) is 6.05. The summed E-state index contributed by atoms with van der Waals surface area (Å²) in [7, 11) is 0. The van der Waals surface area contributed by atoms with Gasteiger partial charge in [-0.15, -0.1) is 0 Å². The first kappa shape index (κ1) is 19.6. The van der Waals surface area contributed by atoms with Crippen molar-refractivity contribution in [2.24, 2.45) is 17.8 Å². The van der Waals surface area contributed by atoms with E-state index >= 15 is 0 Å². The van der Waals surface area contributed by atoms with Gasteiger partial charge in [-0.25, -0.2) is 9.59 Å². The lowest BCUT2D eigenvalue weighted by atomic mass is 9.75. The fraction of sp³-hybridized carbons (Fsp3) is 0.579. The van der Waals surface area contributed by atoms with Gasteiger partial charge in [0.2, 0.25) is 0 Å². The molecule has 1 aromatic rings. The SMILES string of the molecule is CC(C)[C@@H]1CC[C@@H](C)C[C@@H]1OC(=O)COC(=O)c1ccc(Cl)c(N)c1. The van der Waals surface area contributed by atoms with E-state index in [1.165, 1.54) is 18.2 Å². The Kier molecular flexibility index (Phi) is 6.71. The zero-order chi connectivity index (χ0) is 18.6. The van der Waals surface area contributed by atoms with Gasteiger partial charge in [0.15, 0.2) is 6.61 Å². The number of esters is 2. The predicted molar refractivity (Wildman–Crippen MR) is 97.4 cm³/mol. The van der Waals surface area contributed by atoms with Crippen molar-refractivity contribution in [1.82, 2.24) is 0 Å². The average molecular weight is 368 g/mol. The minimum absolute atomic E-state index is 0.110. The van der Waals surface area contributed by atoms with Crippen LogP contribution in [0.3, 0.4) is 0 Å². The fourth-order valence-corrected chi connectivity index (χ4v) is 3.45. The van der Waals surface area contributed by atoms with Crippen LogP contribution in [0.25, 0.3) is 0 Å². The summed E-state index contributed by atoms with van der Waals surface area (Å²) in [5, 5.41) is 0.363. The van der Waals surface area contributed by atoms with Gasteiger partial charge >= 0.3 is 11.9 Å². The molecule has 6 heteroatoms. The predicted octanol–water partition coefficient (Wildman–Crippen LogP) is 4.08. The molecular weight excluding hydrogens is 342 g/mol. The van der Waals surface area contributed by atoms with E-state index in [0.29, 0.717) is 22.8 Å². The molecule has 1 fully saturated rings. The van der Waals surface area contributed by atoms with Crippen LogP contribution in [-0.2, 0) is 14.3 Å². The van der Waals surface area contributed by atoms with Gasteiger partial charge in [0, 0.05) is 0 Å². The third-order valence-corrected chi connectivity index (χ3v) is 5.14. The molecule has 0 amide bonds. The number of ether oxygens (including phenoxy) is 2. The Bertz CT molecular complexity index is 632. The van der Waals surface area contributed by atoms with Crippen molar-refractivity contribution in [3.8, 4) is 0 Å². The number of halogens is 1. The highest BCUT2D eigenvalue weighted by molar-refractivity contribution is 6.33. The van der Waals surface area contributed by atoms with E-state index in [4.69, 9.17) is 26.8 Å². The van der Waals surface area contributed by atoms with Gasteiger partial charge in [0.1, 0.15) is 6.10 Å². The molecule has 1 aromatic carbocycles. The average Bonchev–Trinajstić information content (AvgIpc) is 2.55. The molecule has 25 heavy (non-hydrogen) atoms. The third kappa shape index (κ3) is 5.36. The molecule has 138 valence electrons. The largest absolute Gasteiger partial charge is 0.460 e. The summed E-state index contributed by atoms with van der Waals surface area (Å²) in [6, 6.07) is 4.44. The van der Waals surface area contributed by atoms with E-state index in [1.807, 2.05) is 0 Å². The minimum atomic E-state index is -0.627. The first-order chi connectivity index (χ1) is 11.8. The van der Waals surface area contributed by atoms with Crippen molar-refractivity contribution in [1.29, 1.82) is 0 Å². The van der Waals surface area contributed by atoms with Crippen molar-refractivity contribution in [3.05, 3.63) is 28.8 Å². The van der Waals surface area contributed by atoms with Crippen molar-refractivity contribution in [2.45, 2.75) is 46.1 Å². The maximum atomic E-state index is 12.1. The second kappa shape index (κ2) is 8.56. The molecule has 1 saturated carbocycles. The number of benzene rings is 1. The van der Waals surface area contributed by atoms with Crippen molar-refractivity contribution < 1.29 is 19.1 Å². The third-order valence-electron chi connectivity index (χ3n) is 4.80. The molecule has 1 aliphatic carbocycles. The molecule has 5 nitrogen and oxygen atoms in total. The Morgan fingerprint density at radius 1 is 1.32 bits per heavy atom. The summed E-state index contributed by atoms with van der Waals surface area (Å²) in [4.78, 5) is 24.1. The maximum absolute atomic E-state index is 12.1. The molecule has 0 aliphatic heterocycles. The molecule has 0 spiro atoms. The lowest BCUT2D eigenvalue weighted by molar-refractivity contribution is -0.159. The molecular formula is C19H26ClNO4. The topological polar surface area (TPSA) is 78.6 Å². The zero-order valence-electron chi connectivity index (χ0n) is 15.0. The normalized spacial score (nSPS) is 23.3. The maximum Gasteiger partial charge on any atom is 0.344 e. The van der Waals surface area contributed by atoms with Crippen LogP contribution in [0.15, 0.2) is 18.2 Å². The Hall–Kier alpha value is -1.75. The van der Waals surface area contributed by atoms with E-state index in [2.05, 4.69) is 20.8 Å². The van der Waals surface area contributed by atoms with Crippen LogP contribution in [0.5, 0.6) is 0 Å². The molecule has 2 rings (SSSR count). The second-order valence-corrected chi connectivity index (χ2v) is 7.57. The number of carbonyl (C=O) groups excluding carboxylic acids is 2. The number of nitrogens with two attached hydrogens (primary N) is 1. The highest BCUT2D eigenvalue weighted by Crippen LogP contribution is 2.35. The number of anilines is 1. The van der Waals surface area contributed by atoms with E-state index in [9.17, 15) is 9.59 Å². The highest BCUT2D eigenvalue weighted by Gasteiger charge is 2.33. The lowest BCUT2D eigenvalue weighted by Gasteiger charge is -2.36. The summed E-state index contributed by atoms with van der Waals surface area (Å²) in [5.41, 5.74) is 6.20. The fourth-order valence-electron chi connectivity index (χ4n) is 3.33. The number of rotatable bonds is 5. The molecule has 1 aliphatic rings. The van der Waals surface area contributed by atoms with Gasteiger partial charge in [0.05, 0.1) is 16.3 Å². The van der Waals surface area contributed by atoms with Crippen LogP contribution < -0.4 is 5.73 Å². The molecule has 0 radical (unpaired) electrons. The highest BCUT2D eigenvalue weighted by atomic mass is 35.5. The number of hydrogen-bond acceptors (Lipinski definition) is 5. The van der Waals surface area contributed by atoms with Gasteiger partial charge in [0.25, 0.3) is 0 Å². The first-order valence-electron chi connectivity index (χ1n) is 8.69. The van der Waals surface area contributed by atoms with Crippen LogP contribution in [0.1, 0.15) is 50.4 Å². The Morgan fingerprint density at radius 2 is 2.04 bits per heavy atom. The van der Waals surface area contributed by atoms with Crippen LogP contribution in [-0.4, -0.2) is 24.6 Å². The standard InChI is InChI=1S/C19H26ClNO4/c1-11(2)14-6-4-12(3)8-17(14)25-18(22)10-24-19(23)13-5-7-15(20)16(21)9-13/h5,7,9,11-12,14,17H,4,6,8,10,21H2,1-3H3/t12-,14+,17+/m1/s1. The summed E-state index contributed by atoms with van der Waals surface area (Å²) < 4.78 is 10.6. The van der Waals surface area contributed by atoms with Gasteiger partial charge in [-0.3, -0.25) is 0 Å². The van der Waals surface area contributed by atoms with Crippen molar-refractivity contribution in [3.63, 3.8) is 0 Å². The van der Waals surface area contributed by atoms with Gasteiger partial charge in [-0.2, -0.15) is 0 Å². The molecule has 2 N–H and O–H groups in total. The van der Waals surface area contributed by atoms with Crippen LogP contribution in [0.2, 0.25) is 5.02 Å². The molecule has 0 heterocycles. The summed E-state index contributed by atoms with van der Waals surface area (Å²) in [5.74, 6) is 0.196. The minimum Gasteiger partial charge on any atom is -0.460 e. The van der Waals surface area contributed by atoms with Crippen LogP contribution in [0.4, 0.5) is 5.69 Å². The van der Waals surface area contributed by atoms with Gasteiger partial charge < -0.3 is 15.2 Å². The molecule has 0 aromatic heterocycles. The monoisotopic (exact) mass is 367 g/mol. The van der Waals surface area contributed by atoms with Crippen molar-refractivity contribution in [2.75, 3.05) is 12.3 Å². The molecule has 0 saturated heterocycles. The zero-order valence-corrected chi connectivity index (χ0v) is 15.7. The van der Waals surface area contributed by atoms with Crippen LogP contribution >= 0.6 is 11.6 Å². The van der Waals surface area contributed by atoms with Gasteiger partial charge in [-0.05, 0) is 48.8 Å². The van der Waals surface area contributed by atoms with E-state index in [-0.39, 0.29) is 17.4 Å². The van der Waals surface area contributed by atoms with E-state index in [1.54, 1.807) is 0 Å². The quantitative estimate of drug-likeness (QED) is 0.626. The Morgan fingerprint density at radius 3 is 2.68 bits per heavy atom. The van der Waals surface area contributed by atoms with Gasteiger partial charge in [-0.1, -0.05) is 38.8 Å². The molecule has 0 bridgehead atoms. The van der Waals surface area contributed by atoms with Crippen LogP contribution in [0, 0.1) is 17.8 Å². The Labute approximate surface area is 153 Å². The summed E-state index contributed by atoms with van der Waals surface area (Å²) >= 11 is 5.82. The molecule has 0 unspecified atom stereocenters. The second-order valence-electron chi connectivity index (χ2n) is 7.17. The number of carbonyl (C=O) groups is 2. The Balaban J connectivity index is 1.88. The summed E-state index contributed by atoms with van der Waals surface area (Å²) in [6.07, 6.45) is 2.96. The lowest BCUT2D eigenvalue weighted by Crippen LogP contribution is -2.36. The number of hydrogen-bond donors (Lipinski definition) is 1. The smallest absolute Gasteiger partial charge is 0.344 e. The van der Waals surface area contributed by atoms with Crippen molar-refractivity contribution >= 4 is 29.2 Å². The van der Waals surface area contributed by atoms with E-state index < -0.39 is 18.5 Å². The number of nitrogen functional groups attached to an aromatic ring is 1. The molecule has 3 atom stereocenters. The van der Waals surface area contributed by atoms with E-state index in [0.717, 1.165) is 19.3 Å².